The van der Waals surface area contributed by atoms with Gasteiger partial charge in [0, 0.05) is 5.69 Å². The molecule has 2 unspecified atom stereocenters. The van der Waals surface area contributed by atoms with Crippen LogP contribution in [0.1, 0.15) is 23.2 Å². The lowest BCUT2D eigenvalue weighted by Gasteiger charge is -2.23. The molecule has 2 heterocycles. The fraction of sp³-hybridized carbons (Fsp3) is 0.438. The van der Waals surface area contributed by atoms with E-state index in [0.717, 1.165) is 0 Å². The Balaban J connectivity index is 1.77. The Bertz CT molecular complexity index is 658. The van der Waals surface area contributed by atoms with Gasteiger partial charge in [0.25, 0.3) is 0 Å². The molecule has 1 aromatic rings. The number of hydrogen-bond donors (Lipinski definition) is 2. The Morgan fingerprint density at radius 2 is 1.91 bits per heavy atom. The number of carbonyl (C=O) groups is 3. The number of hydrogen-bond acceptors (Lipinski definition) is 5. The Labute approximate surface area is 132 Å². The first-order valence-electron chi connectivity index (χ1n) is 7.38. The van der Waals surface area contributed by atoms with Crippen molar-refractivity contribution in [1.82, 2.24) is 0 Å². The van der Waals surface area contributed by atoms with Gasteiger partial charge in [0.15, 0.2) is 0 Å². The molecule has 0 radical (unpaired) electrons. The van der Waals surface area contributed by atoms with E-state index in [-0.39, 0.29) is 6.10 Å². The summed E-state index contributed by atoms with van der Waals surface area (Å²) in [5.41, 5.74) is 0.731. The van der Waals surface area contributed by atoms with E-state index < -0.39 is 35.8 Å². The van der Waals surface area contributed by atoms with E-state index in [1.54, 1.807) is 18.2 Å². The van der Waals surface area contributed by atoms with Crippen LogP contribution in [-0.2, 0) is 19.1 Å². The zero-order valence-electron chi connectivity index (χ0n) is 12.5. The van der Waals surface area contributed by atoms with E-state index >= 15 is 0 Å². The monoisotopic (exact) mass is 319 g/mol. The van der Waals surface area contributed by atoms with Crippen molar-refractivity contribution in [2.24, 2.45) is 11.8 Å². The van der Waals surface area contributed by atoms with E-state index in [4.69, 9.17) is 4.74 Å². The number of methoxy groups -OCH3 is 1. The second-order valence-corrected chi connectivity index (χ2v) is 5.74. The predicted octanol–water partition coefficient (Wildman–Crippen LogP) is 1.29. The van der Waals surface area contributed by atoms with Gasteiger partial charge in [-0.05, 0) is 31.0 Å². The lowest BCUT2D eigenvalue weighted by molar-refractivity contribution is -0.147. The molecule has 2 bridgehead atoms. The summed E-state index contributed by atoms with van der Waals surface area (Å²) in [4.78, 5) is 35.4. The molecule has 2 aliphatic heterocycles. The number of esters is 1. The van der Waals surface area contributed by atoms with Crippen molar-refractivity contribution in [2.45, 2.75) is 25.0 Å². The molecule has 2 saturated heterocycles. The molecule has 4 atom stereocenters. The van der Waals surface area contributed by atoms with Crippen LogP contribution in [0.4, 0.5) is 5.69 Å². The standard InChI is InChI=1S/C16H17NO6/c1-22-16(21)8-3-2-4-9(7-8)17-14(18)12-10-5-6-11(23-10)13(12)15(19)20/h2-4,7,10-13H,5-6H2,1H3,(H,17,18)(H,19,20)/t10-,11+,12?,13?/m0/s1. The van der Waals surface area contributed by atoms with Crippen molar-refractivity contribution in [3.63, 3.8) is 0 Å². The summed E-state index contributed by atoms with van der Waals surface area (Å²) < 4.78 is 10.2. The molecule has 2 aliphatic rings. The lowest BCUT2D eigenvalue weighted by Crippen LogP contribution is -2.40. The number of carbonyl (C=O) groups excluding carboxylic acids is 2. The molecule has 23 heavy (non-hydrogen) atoms. The molecule has 7 heteroatoms. The minimum Gasteiger partial charge on any atom is -0.481 e. The van der Waals surface area contributed by atoms with Gasteiger partial charge in [-0.25, -0.2) is 4.79 Å². The summed E-state index contributed by atoms with van der Waals surface area (Å²) in [6.45, 7) is 0. The number of nitrogens with one attached hydrogen (secondary N) is 1. The van der Waals surface area contributed by atoms with Gasteiger partial charge in [-0.2, -0.15) is 0 Å². The van der Waals surface area contributed by atoms with Gasteiger partial charge >= 0.3 is 11.9 Å². The molecule has 1 aromatic carbocycles. The molecule has 3 rings (SSSR count). The second-order valence-electron chi connectivity index (χ2n) is 5.74. The van der Waals surface area contributed by atoms with Gasteiger partial charge in [0.05, 0.1) is 36.7 Å². The average molecular weight is 319 g/mol. The number of aliphatic carboxylic acids is 1. The predicted molar refractivity (Wildman–Crippen MR) is 78.9 cm³/mol. The van der Waals surface area contributed by atoms with Crippen LogP contribution in [0.3, 0.4) is 0 Å². The summed E-state index contributed by atoms with van der Waals surface area (Å²) in [6, 6.07) is 6.32. The Morgan fingerprint density at radius 1 is 1.22 bits per heavy atom. The Kier molecular flexibility index (Phi) is 4.04. The van der Waals surface area contributed by atoms with Gasteiger partial charge < -0.3 is 19.9 Å². The molecule has 0 aromatic heterocycles. The van der Waals surface area contributed by atoms with Crippen molar-refractivity contribution in [2.75, 3.05) is 12.4 Å². The lowest BCUT2D eigenvalue weighted by atomic mass is 9.78. The highest BCUT2D eigenvalue weighted by molar-refractivity contribution is 5.97. The molecule has 122 valence electrons. The first-order valence-corrected chi connectivity index (χ1v) is 7.38. The van der Waals surface area contributed by atoms with E-state index in [1.165, 1.54) is 13.2 Å². The fourth-order valence-corrected chi connectivity index (χ4v) is 3.39. The number of carboxylic acids is 1. The quantitative estimate of drug-likeness (QED) is 0.811. The number of anilines is 1. The summed E-state index contributed by atoms with van der Waals surface area (Å²) in [7, 11) is 1.28. The number of fused-ring (bicyclic) bond motifs is 2. The molecule has 0 aliphatic carbocycles. The number of ether oxygens (including phenoxy) is 2. The van der Waals surface area contributed by atoms with Crippen LogP contribution in [-0.4, -0.2) is 42.3 Å². The maximum atomic E-state index is 12.5. The summed E-state index contributed by atoms with van der Waals surface area (Å²) in [5.74, 6) is -3.45. The maximum absolute atomic E-state index is 12.5. The molecule has 2 fully saturated rings. The first kappa shape index (κ1) is 15.5. The zero-order chi connectivity index (χ0) is 16.6. The smallest absolute Gasteiger partial charge is 0.337 e. The van der Waals surface area contributed by atoms with Crippen LogP contribution in [0, 0.1) is 11.8 Å². The zero-order valence-corrected chi connectivity index (χ0v) is 12.5. The van der Waals surface area contributed by atoms with Crippen LogP contribution < -0.4 is 5.32 Å². The number of carboxylic acid groups (broad SMARTS) is 1. The van der Waals surface area contributed by atoms with Crippen LogP contribution in [0.5, 0.6) is 0 Å². The van der Waals surface area contributed by atoms with Gasteiger partial charge in [0.2, 0.25) is 5.91 Å². The largest absolute Gasteiger partial charge is 0.481 e. The molecular weight excluding hydrogens is 302 g/mol. The van der Waals surface area contributed by atoms with Crippen LogP contribution >= 0.6 is 0 Å². The molecular formula is C16H17NO6. The van der Waals surface area contributed by atoms with Gasteiger partial charge in [-0.1, -0.05) is 6.07 Å². The highest BCUT2D eigenvalue weighted by atomic mass is 16.5. The van der Waals surface area contributed by atoms with Crippen molar-refractivity contribution in [3.05, 3.63) is 29.8 Å². The molecule has 0 saturated carbocycles. The van der Waals surface area contributed by atoms with Gasteiger partial charge in [-0.15, -0.1) is 0 Å². The first-order chi connectivity index (χ1) is 11.0. The van der Waals surface area contributed by atoms with Crippen molar-refractivity contribution in [1.29, 1.82) is 0 Å². The van der Waals surface area contributed by atoms with Crippen molar-refractivity contribution in [3.8, 4) is 0 Å². The maximum Gasteiger partial charge on any atom is 0.337 e. The third-order valence-corrected chi connectivity index (χ3v) is 4.41. The SMILES string of the molecule is COC(=O)c1cccc(NC(=O)C2C(C(=O)O)[C@H]3CC[C@@H]2O3)c1. The fourth-order valence-electron chi connectivity index (χ4n) is 3.39. The van der Waals surface area contributed by atoms with Crippen LogP contribution in [0.2, 0.25) is 0 Å². The van der Waals surface area contributed by atoms with E-state index in [9.17, 15) is 19.5 Å². The molecule has 1 amide bonds. The number of rotatable bonds is 4. The molecule has 0 spiro atoms. The minimum absolute atomic E-state index is 0.310. The van der Waals surface area contributed by atoms with Gasteiger partial charge in [-0.3, -0.25) is 9.59 Å². The van der Waals surface area contributed by atoms with Crippen LogP contribution in [0.15, 0.2) is 24.3 Å². The van der Waals surface area contributed by atoms with Crippen LogP contribution in [0.25, 0.3) is 0 Å². The summed E-state index contributed by atoms with van der Waals surface area (Å²) in [6.07, 6.45) is 0.609. The third kappa shape index (κ3) is 2.79. The summed E-state index contributed by atoms with van der Waals surface area (Å²) >= 11 is 0. The highest BCUT2D eigenvalue weighted by Crippen LogP contribution is 2.44. The van der Waals surface area contributed by atoms with E-state index in [0.29, 0.717) is 24.1 Å². The third-order valence-electron chi connectivity index (χ3n) is 4.41. The topological polar surface area (TPSA) is 102 Å². The number of benzene rings is 1. The van der Waals surface area contributed by atoms with E-state index in [2.05, 4.69) is 10.1 Å². The Hall–Kier alpha value is -2.41. The van der Waals surface area contributed by atoms with Crippen molar-refractivity contribution >= 4 is 23.5 Å². The highest BCUT2D eigenvalue weighted by Gasteiger charge is 2.55. The van der Waals surface area contributed by atoms with Gasteiger partial charge in [0.1, 0.15) is 0 Å². The molecule has 7 nitrogen and oxygen atoms in total. The number of amides is 1. The van der Waals surface area contributed by atoms with E-state index in [1.807, 2.05) is 0 Å². The molecule has 2 N–H and O–H groups in total. The summed E-state index contributed by atoms with van der Waals surface area (Å²) in [5, 5.41) is 12.0. The Morgan fingerprint density at radius 3 is 2.57 bits per heavy atom. The normalized spacial score (nSPS) is 28.4. The second kappa shape index (κ2) is 6.00. The minimum atomic E-state index is -1.01. The average Bonchev–Trinajstić information content (AvgIpc) is 3.15. The van der Waals surface area contributed by atoms with Crippen molar-refractivity contribution < 1.29 is 29.0 Å².